The first-order valence-corrected chi connectivity index (χ1v) is 8.11. The van der Waals surface area contributed by atoms with Gasteiger partial charge in [0.1, 0.15) is 0 Å². The number of halogens is 1. The fraction of sp³-hybridized carbons (Fsp3) is 0.625. The largest absolute Gasteiger partial charge is 0.316 e. The third-order valence-corrected chi connectivity index (χ3v) is 4.71. The van der Waals surface area contributed by atoms with Crippen molar-refractivity contribution in [2.24, 2.45) is 5.92 Å². The lowest BCUT2D eigenvalue weighted by atomic mass is 9.96. The third kappa shape index (κ3) is 3.53. The van der Waals surface area contributed by atoms with E-state index in [9.17, 15) is 0 Å². The summed E-state index contributed by atoms with van der Waals surface area (Å²) >= 11 is 6.15. The highest BCUT2D eigenvalue weighted by Crippen LogP contribution is 2.26. The molecule has 110 valence electrons. The van der Waals surface area contributed by atoms with Gasteiger partial charge in [0.2, 0.25) is 0 Å². The maximum absolute atomic E-state index is 6.15. The van der Waals surface area contributed by atoms with E-state index in [1.165, 1.54) is 38.0 Å². The average molecular weight is 294 g/mol. The topological polar surface area (TPSA) is 27.3 Å². The van der Waals surface area contributed by atoms with Crippen LogP contribution < -0.4 is 10.6 Å². The first-order chi connectivity index (χ1) is 9.83. The maximum atomic E-state index is 6.15. The minimum atomic E-state index is 0.462. The summed E-state index contributed by atoms with van der Waals surface area (Å²) < 4.78 is 0. The first kappa shape index (κ1) is 14.3. The van der Waals surface area contributed by atoms with Crippen molar-refractivity contribution in [2.75, 3.05) is 39.3 Å². The van der Waals surface area contributed by atoms with E-state index in [1.54, 1.807) is 0 Å². The van der Waals surface area contributed by atoms with Gasteiger partial charge in [0.15, 0.2) is 0 Å². The molecule has 2 fully saturated rings. The van der Waals surface area contributed by atoms with Crippen LogP contribution in [0.4, 0.5) is 0 Å². The maximum Gasteiger partial charge on any atom is 0.0473 e. The predicted octanol–water partition coefficient (Wildman–Crippen LogP) is 2.29. The Morgan fingerprint density at radius 1 is 1.20 bits per heavy atom. The molecular formula is C16H24ClN3. The standard InChI is InChI=1S/C16H24ClN3/c17-15-5-1-4-14(9-15)16-11-19-7-8-20(16)12-13-3-2-6-18-10-13/h1,4-5,9,13,16,18-19H,2-3,6-8,10-12H2. The summed E-state index contributed by atoms with van der Waals surface area (Å²) in [5.41, 5.74) is 1.34. The molecule has 4 heteroatoms. The van der Waals surface area contributed by atoms with Gasteiger partial charge in [0.05, 0.1) is 0 Å². The molecule has 0 saturated carbocycles. The lowest BCUT2D eigenvalue weighted by Gasteiger charge is -2.39. The second-order valence-corrected chi connectivity index (χ2v) is 6.42. The van der Waals surface area contributed by atoms with Crippen LogP contribution in [0.25, 0.3) is 0 Å². The molecule has 2 heterocycles. The Labute approximate surface area is 126 Å². The third-order valence-electron chi connectivity index (χ3n) is 4.48. The summed E-state index contributed by atoms with van der Waals surface area (Å²) in [6.07, 6.45) is 2.68. The molecule has 2 atom stereocenters. The molecular weight excluding hydrogens is 270 g/mol. The number of rotatable bonds is 3. The fourth-order valence-electron chi connectivity index (χ4n) is 3.42. The van der Waals surface area contributed by atoms with Gasteiger partial charge in [-0.2, -0.15) is 0 Å². The summed E-state index contributed by atoms with van der Waals surface area (Å²) in [6, 6.07) is 8.80. The minimum absolute atomic E-state index is 0.462. The van der Waals surface area contributed by atoms with Gasteiger partial charge in [-0.25, -0.2) is 0 Å². The highest BCUT2D eigenvalue weighted by atomic mass is 35.5. The SMILES string of the molecule is Clc1cccc(C2CNCCN2CC2CCCNC2)c1. The molecule has 3 nitrogen and oxygen atoms in total. The first-order valence-electron chi connectivity index (χ1n) is 7.74. The van der Waals surface area contributed by atoms with Crippen LogP contribution in [0.2, 0.25) is 5.02 Å². The van der Waals surface area contributed by atoms with Gasteiger partial charge >= 0.3 is 0 Å². The van der Waals surface area contributed by atoms with Crippen molar-refractivity contribution in [3.8, 4) is 0 Å². The Hall–Kier alpha value is -0.610. The van der Waals surface area contributed by atoms with Crippen molar-refractivity contribution in [2.45, 2.75) is 18.9 Å². The Balaban J connectivity index is 1.70. The van der Waals surface area contributed by atoms with Crippen LogP contribution >= 0.6 is 11.6 Å². The van der Waals surface area contributed by atoms with Crippen molar-refractivity contribution < 1.29 is 0 Å². The Morgan fingerprint density at radius 3 is 2.90 bits per heavy atom. The van der Waals surface area contributed by atoms with Crippen molar-refractivity contribution >= 4 is 11.6 Å². The molecule has 0 aromatic heterocycles. The van der Waals surface area contributed by atoms with E-state index in [1.807, 2.05) is 6.07 Å². The second kappa shape index (κ2) is 6.90. The molecule has 0 bridgehead atoms. The van der Waals surface area contributed by atoms with Gasteiger partial charge in [0, 0.05) is 37.2 Å². The normalized spacial score (nSPS) is 28.4. The van der Waals surface area contributed by atoms with Crippen LogP contribution in [0.15, 0.2) is 24.3 Å². The van der Waals surface area contributed by atoms with Crippen LogP contribution in [0, 0.1) is 5.92 Å². The molecule has 3 rings (SSSR count). The number of nitrogens with one attached hydrogen (secondary N) is 2. The molecule has 0 aliphatic carbocycles. The number of hydrogen-bond donors (Lipinski definition) is 2. The van der Waals surface area contributed by atoms with E-state index >= 15 is 0 Å². The molecule has 2 aliphatic rings. The highest BCUT2D eigenvalue weighted by Gasteiger charge is 2.26. The van der Waals surface area contributed by atoms with Gasteiger partial charge in [-0.3, -0.25) is 4.90 Å². The Morgan fingerprint density at radius 2 is 2.10 bits per heavy atom. The highest BCUT2D eigenvalue weighted by molar-refractivity contribution is 6.30. The zero-order valence-corrected chi connectivity index (χ0v) is 12.7. The Kier molecular flexibility index (Phi) is 4.94. The quantitative estimate of drug-likeness (QED) is 0.895. The minimum Gasteiger partial charge on any atom is -0.316 e. The molecule has 1 aromatic carbocycles. The zero-order valence-electron chi connectivity index (χ0n) is 11.9. The molecule has 2 saturated heterocycles. The zero-order chi connectivity index (χ0) is 13.8. The van der Waals surface area contributed by atoms with E-state index in [-0.39, 0.29) is 0 Å². The number of piperazine rings is 1. The average Bonchev–Trinajstić information content (AvgIpc) is 2.49. The van der Waals surface area contributed by atoms with Crippen molar-refractivity contribution in [3.63, 3.8) is 0 Å². The molecule has 1 aromatic rings. The van der Waals surface area contributed by atoms with Crippen molar-refractivity contribution in [1.82, 2.24) is 15.5 Å². The van der Waals surface area contributed by atoms with Gasteiger partial charge in [-0.1, -0.05) is 23.7 Å². The van der Waals surface area contributed by atoms with Gasteiger partial charge in [-0.15, -0.1) is 0 Å². The lowest BCUT2D eigenvalue weighted by molar-refractivity contribution is 0.127. The van der Waals surface area contributed by atoms with Crippen LogP contribution in [0.1, 0.15) is 24.4 Å². The van der Waals surface area contributed by atoms with Crippen LogP contribution in [-0.4, -0.2) is 44.2 Å². The van der Waals surface area contributed by atoms with Crippen LogP contribution in [0.3, 0.4) is 0 Å². The summed E-state index contributed by atoms with van der Waals surface area (Å²) in [6.45, 7) is 6.82. The van der Waals surface area contributed by atoms with E-state index < -0.39 is 0 Å². The summed E-state index contributed by atoms with van der Waals surface area (Å²) in [4.78, 5) is 2.64. The van der Waals surface area contributed by atoms with Crippen LogP contribution in [0.5, 0.6) is 0 Å². The van der Waals surface area contributed by atoms with E-state index in [0.29, 0.717) is 6.04 Å². The van der Waals surface area contributed by atoms with Crippen molar-refractivity contribution in [1.29, 1.82) is 0 Å². The summed E-state index contributed by atoms with van der Waals surface area (Å²) in [5.74, 6) is 0.795. The Bertz CT molecular complexity index is 431. The number of benzene rings is 1. The molecule has 0 radical (unpaired) electrons. The van der Waals surface area contributed by atoms with E-state index in [0.717, 1.165) is 30.6 Å². The molecule has 2 aliphatic heterocycles. The fourth-order valence-corrected chi connectivity index (χ4v) is 3.62. The number of hydrogen-bond acceptors (Lipinski definition) is 3. The smallest absolute Gasteiger partial charge is 0.0473 e. The van der Waals surface area contributed by atoms with Gasteiger partial charge in [-0.05, 0) is 49.5 Å². The van der Waals surface area contributed by atoms with Gasteiger partial charge in [0.25, 0.3) is 0 Å². The summed E-state index contributed by atoms with van der Waals surface area (Å²) in [5, 5.41) is 7.88. The van der Waals surface area contributed by atoms with E-state index in [4.69, 9.17) is 11.6 Å². The number of piperidine rings is 1. The van der Waals surface area contributed by atoms with Crippen molar-refractivity contribution in [3.05, 3.63) is 34.9 Å². The number of nitrogens with zero attached hydrogens (tertiary/aromatic N) is 1. The molecule has 20 heavy (non-hydrogen) atoms. The van der Waals surface area contributed by atoms with E-state index in [2.05, 4.69) is 33.7 Å². The molecule has 0 amide bonds. The second-order valence-electron chi connectivity index (χ2n) is 5.98. The molecule has 2 N–H and O–H groups in total. The predicted molar refractivity (Wildman–Crippen MR) is 84.2 cm³/mol. The molecule has 0 spiro atoms. The summed E-state index contributed by atoms with van der Waals surface area (Å²) in [7, 11) is 0. The monoisotopic (exact) mass is 293 g/mol. The lowest BCUT2D eigenvalue weighted by Crippen LogP contribution is -2.49. The molecule has 2 unspecified atom stereocenters. The van der Waals surface area contributed by atoms with Crippen LogP contribution in [-0.2, 0) is 0 Å². The van der Waals surface area contributed by atoms with Gasteiger partial charge < -0.3 is 10.6 Å².